The molecule has 12 rings (SSSR count). The average Bonchev–Trinajstić information content (AvgIpc) is 3.91. The number of anilines is 3. The van der Waals surface area contributed by atoms with Crippen molar-refractivity contribution in [3.05, 3.63) is 243 Å². The third-order valence-electron chi connectivity index (χ3n) is 12.4. The van der Waals surface area contributed by atoms with E-state index in [0.717, 1.165) is 72.5 Å². The van der Waals surface area contributed by atoms with Crippen LogP contribution in [0.1, 0.15) is 0 Å². The normalized spacial score (nSPS) is 11.5. The molecule has 3 heteroatoms. The molecule has 0 N–H and O–H groups in total. The van der Waals surface area contributed by atoms with Crippen LogP contribution in [0.4, 0.5) is 17.1 Å². The third kappa shape index (κ3) is 6.21. The Balaban J connectivity index is 1.12. The van der Waals surface area contributed by atoms with Gasteiger partial charge in [-0.2, -0.15) is 0 Å². The number of hydrogen-bond donors (Lipinski definition) is 0. The van der Waals surface area contributed by atoms with E-state index in [9.17, 15) is 0 Å². The molecule has 63 heavy (non-hydrogen) atoms. The first-order valence-corrected chi connectivity index (χ1v) is 21.5. The van der Waals surface area contributed by atoms with Crippen molar-refractivity contribution in [1.29, 1.82) is 0 Å². The van der Waals surface area contributed by atoms with E-state index in [1.54, 1.807) is 0 Å². The Morgan fingerprint density at radius 3 is 1.65 bits per heavy atom. The van der Waals surface area contributed by atoms with Gasteiger partial charge < -0.3 is 13.9 Å². The highest BCUT2D eigenvalue weighted by atomic mass is 16.3. The van der Waals surface area contributed by atoms with Crippen LogP contribution >= 0.6 is 0 Å². The van der Waals surface area contributed by atoms with Crippen molar-refractivity contribution in [1.82, 2.24) is 4.57 Å². The molecule has 3 nitrogen and oxygen atoms in total. The average molecular weight is 805 g/mol. The van der Waals surface area contributed by atoms with Gasteiger partial charge in [-0.25, -0.2) is 0 Å². The lowest BCUT2D eigenvalue weighted by molar-refractivity contribution is 0.669. The molecule has 12 aromatic rings. The molecule has 296 valence electrons. The van der Waals surface area contributed by atoms with Gasteiger partial charge in [-0.15, -0.1) is 0 Å². The topological polar surface area (TPSA) is 21.3 Å². The van der Waals surface area contributed by atoms with Crippen molar-refractivity contribution >= 4 is 60.8 Å². The van der Waals surface area contributed by atoms with Crippen molar-refractivity contribution in [3.8, 4) is 50.2 Å². The van der Waals surface area contributed by atoms with E-state index in [0.29, 0.717) is 0 Å². The minimum Gasteiger partial charge on any atom is -0.456 e. The zero-order chi connectivity index (χ0) is 41.7. The summed E-state index contributed by atoms with van der Waals surface area (Å²) in [6, 6.07) is 87.3. The molecule has 0 saturated carbocycles. The Hall–Kier alpha value is -8.40. The first kappa shape index (κ1) is 36.5. The van der Waals surface area contributed by atoms with E-state index in [4.69, 9.17) is 4.42 Å². The molecular formula is C60H40N2O. The van der Waals surface area contributed by atoms with Gasteiger partial charge in [-0.1, -0.05) is 176 Å². The Labute approximate surface area is 366 Å². The molecular weight excluding hydrogens is 765 g/mol. The van der Waals surface area contributed by atoms with E-state index in [2.05, 4.69) is 240 Å². The van der Waals surface area contributed by atoms with E-state index < -0.39 is 0 Å². The number of hydrogen-bond acceptors (Lipinski definition) is 2. The number of fused-ring (bicyclic) bond motifs is 6. The fraction of sp³-hybridized carbons (Fsp3) is 0. The van der Waals surface area contributed by atoms with Crippen LogP contribution in [0.2, 0.25) is 0 Å². The quantitative estimate of drug-likeness (QED) is 0.153. The fourth-order valence-corrected chi connectivity index (χ4v) is 9.63. The predicted molar refractivity (Wildman–Crippen MR) is 264 cm³/mol. The minimum absolute atomic E-state index is 0.891. The lowest BCUT2D eigenvalue weighted by Gasteiger charge is -2.30. The van der Waals surface area contributed by atoms with E-state index in [1.165, 1.54) is 38.5 Å². The molecule has 2 aromatic heterocycles. The number of para-hydroxylation sites is 3. The second kappa shape index (κ2) is 15.3. The van der Waals surface area contributed by atoms with Gasteiger partial charge in [0.2, 0.25) is 0 Å². The molecule has 0 aliphatic carbocycles. The molecule has 0 atom stereocenters. The second-order valence-corrected chi connectivity index (χ2v) is 16.0. The molecule has 0 aliphatic heterocycles. The summed E-state index contributed by atoms with van der Waals surface area (Å²) in [5.74, 6) is 0. The van der Waals surface area contributed by atoms with Crippen molar-refractivity contribution in [2.24, 2.45) is 0 Å². The number of benzene rings is 10. The van der Waals surface area contributed by atoms with Gasteiger partial charge in [-0.05, 0) is 106 Å². The zero-order valence-electron chi connectivity index (χ0n) is 34.4. The van der Waals surface area contributed by atoms with Gasteiger partial charge in [0.1, 0.15) is 11.2 Å². The summed E-state index contributed by atoms with van der Waals surface area (Å²) < 4.78 is 8.70. The van der Waals surface area contributed by atoms with Crippen LogP contribution in [0.15, 0.2) is 247 Å². The molecule has 0 unspecified atom stereocenters. The SMILES string of the molecule is c1ccc(-c2ccccc2-c2c(-c3ccccc3)cccc2N(c2ccc(-c3cccc4oc5ccccc5c34)cc2)c2ccc3c(c2)c2ccccc2n3-c2ccccc2)cc1. The van der Waals surface area contributed by atoms with Crippen molar-refractivity contribution < 1.29 is 4.42 Å². The second-order valence-electron chi connectivity index (χ2n) is 16.0. The molecule has 10 aromatic carbocycles. The lowest BCUT2D eigenvalue weighted by atomic mass is 9.87. The molecule has 0 bridgehead atoms. The maximum Gasteiger partial charge on any atom is 0.136 e. The van der Waals surface area contributed by atoms with E-state index in [1.807, 2.05) is 12.1 Å². The molecule has 0 saturated heterocycles. The van der Waals surface area contributed by atoms with Crippen LogP contribution in [0.3, 0.4) is 0 Å². The molecule has 2 heterocycles. The zero-order valence-corrected chi connectivity index (χ0v) is 34.4. The maximum atomic E-state index is 6.32. The molecule has 0 radical (unpaired) electrons. The fourth-order valence-electron chi connectivity index (χ4n) is 9.63. The van der Waals surface area contributed by atoms with Gasteiger partial charge in [0.25, 0.3) is 0 Å². The van der Waals surface area contributed by atoms with Crippen LogP contribution in [0, 0.1) is 0 Å². The highest BCUT2D eigenvalue weighted by molar-refractivity contribution is 6.13. The van der Waals surface area contributed by atoms with Crippen LogP contribution < -0.4 is 4.90 Å². The van der Waals surface area contributed by atoms with Crippen molar-refractivity contribution in [2.45, 2.75) is 0 Å². The first-order chi connectivity index (χ1) is 31.3. The largest absolute Gasteiger partial charge is 0.456 e. The molecule has 0 spiro atoms. The van der Waals surface area contributed by atoms with Crippen LogP contribution in [0.5, 0.6) is 0 Å². The lowest BCUT2D eigenvalue weighted by Crippen LogP contribution is -2.12. The Morgan fingerprint density at radius 1 is 0.333 bits per heavy atom. The predicted octanol–water partition coefficient (Wildman–Crippen LogP) is 16.8. The standard InChI is InChI=1S/C60H40N2O/c1-4-18-41(19-5-1)47-24-10-11-26-51(47)59-48(42-20-6-2-7-21-42)28-16-31-56(59)61(45-36-34-43(35-37-45)49-29-17-33-58-60(49)52-27-13-15-32-57(52)63-58)46-38-39-55-53(40-46)50-25-12-14-30-54(50)62(55)44-22-8-3-9-23-44/h1-40H. The van der Waals surface area contributed by atoms with Crippen molar-refractivity contribution in [3.63, 3.8) is 0 Å². The van der Waals surface area contributed by atoms with Crippen LogP contribution in [0.25, 0.3) is 93.9 Å². The molecule has 0 fully saturated rings. The van der Waals surface area contributed by atoms with Crippen LogP contribution in [-0.2, 0) is 0 Å². The number of aromatic nitrogens is 1. The number of nitrogens with zero attached hydrogens (tertiary/aromatic N) is 2. The molecule has 0 aliphatic rings. The van der Waals surface area contributed by atoms with Gasteiger partial charge >= 0.3 is 0 Å². The third-order valence-corrected chi connectivity index (χ3v) is 12.4. The van der Waals surface area contributed by atoms with Crippen molar-refractivity contribution in [2.75, 3.05) is 4.90 Å². The first-order valence-electron chi connectivity index (χ1n) is 21.5. The van der Waals surface area contributed by atoms with Gasteiger partial charge in [0, 0.05) is 44.2 Å². The van der Waals surface area contributed by atoms with Gasteiger partial charge in [0.05, 0.1) is 16.7 Å². The van der Waals surface area contributed by atoms with E-state index >= 15 is 0 Å². The maximum absolute atomic E-state index is 6.32. The Kier molecular flexibility index (Phi) is 8.83. The smallest absolute Gasteiger partial charge is 0.136 e. The number of furan rings is 1. The summed E-state index contributed by atoms with van der Waals surface area (Å²) in [6.07, 6.45) is 0. The summed E-state index contributed by atoms with van der Waals surface area (Å²) in [4.78, 5) is 2.45. The molecule has 0 amide bonds. The van der Waals surface area contributed by atoms with Gasteiger partial charge in [0.15, 0.2) is 0 Å². The Bertz CT molecular complexity index is 3600. The summed E-state index contributed by atoms with van der Waals surface area (Å²) in [5.41, 5.74) is 17.8. The monoisotopic (exact) mass is 804 g/mol. The Morgan fingerprint density at radius 2 is 0.873 bits per heavy atom. The summed E-state index contributed by atoms with van der Waals surface area (Å²) in [7, 11) is 0. The summed E-state index contributed by atoms with van der Waals surface area (Å²) in [5, 5.41) is 4.66. The highest BCUT2D eigenvalue weighted by Crippen LogP contribution is 2.49. The van der Waals surface area contributed by atoms with Gasteiger partial charge in [-0.3, -0.25) is 0 Å². The van der Waals surface area contributed by atoms with E-state index in [-0.39, 0.29) is 0 Å². The minimum atomic E-state index is 0.891. The summed E-state index contributed by atoms with van der Waals surface area (Å²) >= 11 is 0. The number of rotatable bonds is 8. The summed E-state index contributed by atoms with van der Waals surface area (Å²) in [6.45, 7) is 0. The highest BCUT2D eigenvalue weighted by Gasteiger charge is 2.24. The van der Waals surface area contributed by atoms with Crippen LogP contribution in [-0.4, -0.2) is 4.57 Å².